The van der Waals surface area contributed by atoms with Crippen molar-refractivity contribution < 1.29 is 19.1 Å². The van der Waals surface area contributed by atoms with Gasteiger partial charge in [0.15, 0.2) is 11.5 Å². The molecule has 3 atom stereocenters. The summed E-state index contributed by atoms with van der Waals surface area (Å²) in [6.07, 6.45) is 0.661. The van der Waals surface area contributed by atoms with Crippen molar-refractivity contribution in [2.75, 3.05) is 27.4 Å². The minimum Gasteiger partial charge on any atom is -0.493 e. The average Bonchev–Trinajstić information content (AvgIpc) is 2.72. The summed E-state index contributed by atoms with van der Waals surface area (Å²) in [6, 6.07) is 11.0. The number of hydrogen-bond acceptors (Lipinski definition) is 6. The number of nitrogens with zero attached hydrogens (tertiary/aromatic N) is 2. The summed E-state index contributed by atoms with van der Waals surface area (Å²) in [4.78, 5) is 12.9. The van der Waals surface area contributed by atoms with Gasteiger partial charge in [0, 0.05) is 24.7 Å². The van der Waals surface area contributed by atoms with Crippen molar-refractivity contribution in [3.05, 3.63) is 63.2 Å². The number of benzene rings is 2. The second kappa shape index (κ2) is 7.41. The van der Waals surface area contributed by atoms with Gasteiger partial charge in [0.05, 0.1) is 25.7 Å². The van der Waals surface area contributed by atoms with E-state index in [1.807, 2.05) is 0 Å². The second-order valence-corrected chi connectivity index (χ2v) is 7.35. The molecule has 4 rings (SSSR count). The number of fused-ring (bicyclic) bond motifs is 3. The molecule has 2 aliphatic rings. The highest BCUT2D eigenvalue weighted by Crippen LogP contribution is 2.47. The maximum Gasteiger partial charge on any atom is 0.269 e. The molecule has 0 spiro atoms. The summed E-state index contributed by atoms with van der Waals surface area (Å²) in [5.41, 5.74) is 3.54. The van der Waals surface area contributed by atoms with Gasteiger partial charge in [-0.15, -0.1) is 0 Å². The molecular formula is C21H24N2O5. The molecule has 0 aliphatic carbocycles. The minimum absolute atomic E-state index is 0.0882. The summed E-state index contributed by atoms with van der Waals surface area (Å²) in [5, 5.41) is 11.0. The van der Waals surface area contributed by atoms with Crippen molar-refractivity contribution in [2.45, 2.75) is 25.6 Å². The Morgan fingerprint density at radius 2 is 1.82 bits per heavy atom. The van der Waals surface area contributed by atoms with E-state index >= 15 is 0 Å². The van der Waals surface area contributed by atoms with Crippen LogP contribution in [0.4, 0.5) is 5.69 Å². The van der Waals surface area contributed by atoms with Crippen LogP contribution in [0.25, 0.3) is 0 Å². The van der Waals surface area contributed by atoms with E-state index in [2.05, 4.69) is 24.0 Å². The number of rotatable bonds is 4. The predicted molar refractivity (Wildman–Crippen MR) is 104 cm³/mol. The van der Waals surface area contributed by atoms with Gasteiger partial charge in [-0.2, -0.15) is 0 Å². The number of methoxy groups -OCH3 is 2. The highest BCUT2D eigenvalue weighted by Gasteiger charge is 2.41. The lowest BCUT2D eigenvalue weighted by molar-refractivity contribution is -0.384. The Labute approximate surface area is 164 Å². The van der Waals surface area contributed by atoms with Crippen LogP contribution in [0.3, 0.4) is 0 Å². The number of hydrogen-bond donors (Lipinski definition) is 0. The van der Waals surface area contributed by atoms with Crippen LogP contribution in [-0.4, -0.2) is 37.2 Å². The van der Waals surface area contributed by atoms with Crippen LogP contribution in [0.1, 0.15) is 35.9 Å². The number of nitro groups is 1. The smallest absolute Gasteiger partial charge is 0.269 e. The molecule has 0 saturated carbocycles. The van der Waals surface area contributed by atoms with Crippen molar-refractivity contribution >= 4 is 5.69 Å². The van der Waals surface area contributed by atoms with Crippen molar-refractivity contribution in [3.63, 3.8) is 0 Å². The van der Waals surface area contributed by atoms with Crippen LogP contribution in [0, 0.1) is 16.0 Å². The molecule has 2 aromatic rings. The van der Waals surface area contributed by atoms with Gasteiger partial charge in [0.25, 0.3) is 5.69 Å². The molecule has 2 aliphatic heterocycles. The largest absolute Gasteiger partial charge is 0.493 e. The molecule has 28 heavy (non-hydrogen) atoms. The van der Waals surface area contributed by atoms with Crippen molar-refractivity contribution in [1.82, 2.24) is 4.90 Å². The van der Waals surface area contributed by atoms with Crippen molar-refractivity contribution in [2.24, 2.45) is 5.92 Å². The van der Waals surface area contributed by atoms with Gasteiger partial charge >= 0.3 is 0 Å². The number of nitro benzene ring substituents is 1. The third-order valence-corrected chi connectivity index (χ3v) is 5.71. The predicted octanol–water partition coefficient (Wildman–Crippen LogP) is 3.88. The Morgan fingerprint density at radius 3 is 2.46 bits per heavy atom. The summed E-state index contributed by atoms with van der Waals surface area (Å²) in [6.45, 7) is 3.66. The maximum atomic E-state index is 11.0. The summed E-state index contributed by atoms with van der Waals surface area (Å²) in [5.74, 6) is 1.79. The first-order chi connectivity index (χ1) is 13.5. The van der Waals surface area contributed by atoms with Crippen LogP contribution >= 0.6 is 0 Å². The Hall–Kier alpha value is -2.64. The molecule has 2 aromatic carbocycles. The highest BCUT2D eigenvalue weighted by atomic mass is 16.6. The third-order valence-electron chi connectivity index (χ3n) is 5.71. The van der Waals surface area contributed by atoms with Crippen LogP contribution < -0.4 is 9.47 Å². The lowest BCUT2D eigenvalue weighted by Crippen LogP contribution is -2.47. The lowest BCUT2D eigenvalue weighted by Gasteiger charge is -2.48. The SMILES string of the molecule is COc1cc2c(cc1OC)[C@@H]1[C@H](C)CO[C@H](c3ccc([N+](=O)[O-])cc3)N1CC2. The van der Waals surface area contributed by atoms with E-state index in [0.29, 0.717) is 12.5 Å². The Balaban J connectivity index is 1.70. The molecule has 1 saturated heterocycles. The number of ether oxygens (including phenoxy) is 3. The fourth-order valence-electron chi connectivity index (χ4n) is 4.37. The van der Waals surface area contributed by atoms with E-state index in [4.69, 9.17) is 14.2 Å². The van der Waals surface area contributed by atoms with Crippen molar-refractivity contribution in [3.8, 4) is 11.5 Å². The zero-order valence-electron chi connectivity index (χ0n) is 16.3. The average molecular weight is 384 g/mol. The van der Waals surface area contributed by atoms with E-state index in [1.54, 1.807) is 26.4 Å². The van der Waals surface area contributed by atoms with Crippen LogP contribution in [0.5, 0.6) is 11.5 Å². The molecule has 1 fully saturated rings. The highest BCUT2D eigenvalue weighted by molar-refractivity contribution is 5.50. The molecule has 0 unspecified atom stereocenters. The Bertz CT molecular complexity index is 883. The molecular weight excluding hydrogens is 360 g/mol. The van der Waals surface area contributed by atoms with Gasteiger partial charge in [-0.3, -0.25) is 15.0 Å². The fraction of sp³-hybridized carbons (Fsp3) is 0.429. The van der Waals surface area contributed by atoms with Gasteiger partial charge < -0.3 is 14.2 Å². The molecule has 2 heterocycles. The number of non-ortho nitro benzene ring substituents is 1. The van der Waals surface area contributed by atoms with Crippen LogP contribution in [-0.2, 0) is 11.2 Å². The molecule has 148 valence electrons. The van der Waals surface area contributed by atoms with Crippen LogP contribution in [0.2, 0.25) is 0 Å². The standard InChI is InChI=1S/C21H24N2O5/c1-13-12-28-21(14-4-6-16(7-5-14)23(24)25)22-9-8-15-10-18(26-2)19(27-3)11-17(15)20(13)22/h4-7,10-11,13,20-21H,8-9,12H2,1-3H3/t13-,20+,21-/m1/s1. The second-order valence-electron chi connectivity index (χ2n) is 7.35. The van der Waals surface area contributed by atoms with Gasteiger partial charge in [-0.1, -0.05) is 6.92 Å². The van der Waals surface area contributed by atoms with Crippen molar-refractivity contribution in [1.29, 1.82) is 0 Å². The monoisotopic (exact) mass is 384 g/mol. The van der Waals surface area contributed by atoms with E-state index in [-0.39, 0.29) is 22.9 Å². The normalized spacial score (nSPS) is 24.2. The van der Waals surface area contributed by atoms with Gasteiger partial charge in [-0.05, 0) is 53.3 Å². The van der Waals surface area contributed by atoms with E-state index in [0.717, 1.165) is 30.0 Å². The summed E-state index contributed by atoms with van der Waals surface area (Å²) in [7, 11) is 3.30. The molecule has 7 heteroatoms. The van der Waals surface area contributed by atoms with Gasteiger partial charge in [0.1, 0.15) is 6.23 Å². The first-order valence-corrected chi connectivity index (χ1v) is 9.40. The van der Waals surface area contributed by atoms with E-state index in [1.165, 1.54) is 23.3 Å². The van der Waals surface area contributed by atoms with Crippen LogP contribution in [0.15, 0.2) is 36.4 Å². The lowest BCUT2D eigenvalue weighted by atomic mass is 9.83. The summed E-state index contributed by atoms with van der Waals surface area (Å²) >= 11 is 0. The zero-order valence-corrected chi connectivity index (χ0v) is 16.3. The Morgan fingerprint density at radius 1 is 1.14 bits per heavy atom. The molecule has 0 N–H and O–H groups in total. The fourth-order valence-corrected chi connectivity index (χ4v) is 4.37. The molecule has 0 amide bonds. The van der Waals surface area contributed by atoms with E-state index < -0.39 is 0 Å². The van der Waals surface area contributed by atoms with E-state index in [9.17, 15) is 10.1 Å². The first kappa shape index (κ1) is 18.7. The maximum absolute atomic E-state index is 11.0. The minimum atomic E-state index is -0.382. The molecule has 0 radical (unpaired) electrons. The Kier molecular flexibility index (Phi) is 4.95. The quantitative estimate of drug-likeness (QED) is 0.588. The molecule has 7 nitrogen and oxygen atoms in total. The first-order valence-electron chi connectivity index (χ1n) is 9.40. The topological polar surface area (TPSA) is 74.1 Å². The van der Waals surface area contributed by atoms with Gasteiger partial charge in [0.2, 0.25) is 0 Å². The molecule has 0 bridgehead atoms. The molecule has 0 aromatic heterocycles. The summed E-state index contributed by atoms with van der Waals surface area (Å²) < 4.78 is 17.2. The zero-order chi connectivity index (χ0) is 19.8. The third kappa shape index (κ3) is 3.10. The van der Waals surface area contributed by atoms with Gasteiger partial charge in [-0.25, -0.2) is 0 Å².